The maximum atomic E-state index is 13.4. The molecule has 0 aliphatic carbocycles. The van der Waals surface area contributed by atoms with Crippen molar-refractivity contribution >= 4 is 33.2 Å². The van der Waals surface area contributed by atoms with Crippen LogP contribution in [0.25, 0.3) is 0 Å². The molecule has 0 N–H and O–H groups in total. The Morgan fingerprint density at radius 2 is 1.58 bits per heavy atom. The number of benzene rings is 3. The van der Waals surface area contributed by atoms with Gasteiger partial charge >= 0.3 is 0 Å². The van der Waals surface area contributed by atoms with E-state index in [1.807, 2.05) is 13.8 Å². The van der Waals surface area contributed by atoms with Gasteiger partial charge in [-0.1, -0.05) is 41.4 Å². The number of carbonyl (C=O) groups is 1. The lowest BCUT2D eigenvalue weighted by molar-refractivity contribution is -0.119. The van der Waals surface area contributed by atoms with Crippen LogP contribution in [-0.4, -0.2) is 27.5 Å². The first-order valence-corrected chi connectivity index (χ1v) is 11.4. The summed E-state index contributed by atoms with van der Waals surface area (Å²) in [4.78, 5) is 13.1. The largest absolute Gasteiger partial charge is 0.494 e. The topological polar surface area (TPSA) is 72.9 Å². The van der Waals surface area contributed by atoms with Gasteiger partial charge in [0.1, 0.15) is 11.5 Å². The van der Waals surface area contributed by atoms with Crippen LogP contribution in [-0.2, 0) is 14.8 Å². The molecule has 3 aromatic rings. The van der Waals surface area contributed by atoms with Crippen LogP contribution in [0, 0.1) is 6.92 Å². The van der Waals surface area contributed by atoms with Gasteiger partial charge in [-0.2, -0.15) is 4.31 Å². The minimum atomic E-state index is -4.18. The van der Waals surface area contributed by atoms with E-state index >= 15 is 0 Å². The summed E-state index contributed by atoms with van der Waals surface area (Å²) < 4.78 is 38.4. The highest BCUT2D eigenvalue weighted by Gasteiger charge is 2.31. The zero-order valence-electron chi connectivity index (χ0n) is 17.1. The van der Waals surface area contributed by atoms with Crippen LogP contribution in [0.5, 0.6) is 11.5 Å². The summed E-state index contributed by atoms with van der Waals surface area (Å²) in [6.07, 6.45) is 0. The van der Waals surface area contributed by atoms with Crippen LogP contribution < -0.4 is 13.8 Å². The number of amides is 1. The summed E-state index contributed by atoms with van der Waals surface area (Å²) in [5.41, 5.74) is 1.08. The minimum absolute atomic E-state index is 0.00178. The first kappa shape index (κ1) is 22.7. The number of ether oxygens (including phenoxy) is 2. The Balaban J connectivity index is 1.96. The highest BCUT2D eigenvalue weighted by Crippen LogP contribution is 2.28. The molecule has 3 aromatic carbocycles. The van der Waals surface area contributed by atoms with Crippen LogP contribution in [0.15, 0.2) is 77.7 Å². The van der Waals surface area contributed by atoms with Crippen molar-refractivity contribution < 1.29 is 22.7 Å². The smallest absolute Gasteiger partial charge is 0.278 e. The van der Waals surface area contributed by atoms with Crippen molar-refractivity contribution in [1.82, 2.24) is 0 Å². The summed E-state index contributed by atoms with van der Waals surface area (Å²) in [5, 5.41) is 0.323. The van der Waals surface area contributed by atoms with Gasteiger partial charge in [-0.3, -0.25) is 4.79 Å². The first-order valence-electron chi connectivity index (χ1n) is 9.58. The predicted molar refractivity (Wildman–Crippen MR) is 120 cm³/mol. The molecule has 0 aliphatic heterocycles. The van der Waals surface area contributed by atoms with E-state index in [-0.39, 0.29) is 16.3 Å². The zero-order valence-corrected chi connectivity index (χ0v) is 18.7. The lowest BCUT2D eigenvalue weighted by atomic mass is 10.2. The molecule has 0 fully saturated rings. The number of para-hydroxylation sites is 1. The van der Waals surface area contributed by atoms with E-state index in [0.717, 1.165) is 9.87 Å². The normalized spacial score (nSPS) is 11.1. The van der Waals surface area contributed by atoms with Crippen molar-refractivity contribution in [3.63, 3.8) is 0 Å². The van der Waals surface area contributed by atoms with E-state index in [2.05, 4.69) is 0 Å². The van der Waals surface area contributed by atoms with Gasteiger partial charge < -0.3 is 9.47 Å². The molecule has 0 atom stereocenters. The lowest BCUT2D eigenvalue weighted by Crippen LogP contribution is -2.40. The number of halogens is 1. The standard InChI is InChI=1S/C23H22ClNO5S/c1-3-29-19-12-10-18(11-13-19)25(31(27,28)20-14-8-17(2)9-15-20)23(26)16-30-22-7-5-4-6-21(22)24/h4-15H,3,16H2,1-2H3. The molecule has 0 unspecified atom stereocenters. The predicted octanol–water partition coefficient (Wildman–Crippen LogP) is 4.85. The maximum Gasteiger partial charge on any atom is 0.278 e. The van der Waals surface area contributed by atoms with Crippen molar-refractivity contribution in [1.29, 1.82) is 0 Å². The molecule has 0 saturated carbocycles. The third kappa shape index (κ3) is 5.37. The molecule has 0 bridgehead atoms. The second-order valence-electron chi connectivity index (χ2n) is 6.62. The number of rotatable bonds is 8. The number of anilines is 1. The molecule has 0 radical (unpaired) electrons. The number of sulfonamides is 1. The Labute approximate surface area is 187 Å². The Morgan fingerprint density at radius 3 is 2.19 bits per heavy atom. The average Bonchev–Trinajstić information content (AvgIpc) is 2.75. The second kappa shape index (κ2) is 9.85. The van der Waals surface area contributed by atoms with Crippen LogP contribution in [0.3, 0.4) is 0 Å². The molecule has 1 amide bonds. The summed E-state index contributed by atoms with van der Waals surface area (Å²) in [6, 6.07) is 19.2. The molecule has 162 valence electrons. The van der Waals surface area contributed by atoms with Gasteiger partial charge in [-0.05, 0) is 62.4 Å². The third-order valence-electron chi connectivity index (χ3n) is 4.36. The third-order valence-corrected chi connectivity index (χ3v) is 6.43. The number of hydrogen-bond acceptors (Lipinski definition) is 5. The molecule has 31 heavy (non-hydrogen) atoms. The molecule has 0 aromatic heterocycles. The number of hydrogen-bond donors (Lipinski definition) is 0. The average molecular weight is 460 g/mol. The van der Waals surface area contributed by atoms with Gasteiger partial charge in [-0.25, -0.2) is 8.42 Å². The SMILES string of the molecule is CCOc1ccc(N(C(=O)COc2ccccc2Cl)S(=O)(=O)c2ccc(C)cc2)cc1. The monoisotopic (exact) mass is 459 g/mol. The van der Waals surface area contributed by atoms with Crippen molar-refractivity contribution in [2.24, 2.45) is 0 Å². The van der Waals surface area contributed by atoms with Crippen molar-refractivity contribution in [2.45, 2.75) is 18.7 Å². The van der Waals surface area contributed by atoms with E-state index in [4.69, 9.17) is 21.1 Å². The maximum absolute atomic E-state index is 13.4. The van der Waals surface area contributed by atoms with Gasteiger partial charge in [0.15, 0.2) is 6.61 Å². The molecule has 0 spiro atoms. The number of nitrogens with zero attached hydrogens (tertiary/aromatic N) is 1. The van der Waals surface area contributed by atoms with Crippen LogP contribution in [0.4, 0.5) is 5.69 Å². The Hall–Kier alpha value is -3.03. The molecule has 8 heteroatoms. The zero-order chi connectivity index (χ0) is 22.4. The van der Waals surface area contributed by atoms with Crippen molar-refractivity contribution in [3.8, 4) is 11.5 Å². The Bertz CT molecular complexity index is 1150. The molecular formula is C23H22ClNO5S. The van der Waals surface area contributed by atoms with Gasteiger partial charge in [-0.15, -0.1) is 0 Å². The fourth-order valence-corrected chi connectivity index (χ4v) is 4.44. The van der Waals surface area contributed by atoms with Gasteiger partial charge in [0.05, 0.1) is 22.2 Å². The van der Waals surface area contributed by atoms with Crippen molar-refractivity contribution in [2.75, 3.05) is 17.5 Å². The van der Waals surface area contributed by atoms with Crippen LogP contribution in [0.1, 0.15) is 12.5 Å². The van der Waals surface area contributed by atoms with E-state index < -0.39 is 22.5 Å². The Morgan fingerprint density at radius 1 is 0.935 bits per heavy atom. The van der Waals surface area contributed by atoms with E-state index in [1.165, 1.54) is 24.3 Å². The molecule has 3 rings (SSSR count). The van der Waals surface area contributed by atoms with Gasteiger partial charge in [0.25, 0.3) is 15.9 Å². The fourth-order valence-electron chi connectivity index (χ4n) is 2.84. The molecule has 6 nitrogen and oxygen atoms in total. The summed E-state index contributed by atoms with van der Waals surface area (Å²) in [5.74, 6) is 0.0975. The van der Waals surface area contributed by atoms with Gasteiger partial charge in [0.2, 0.25) is 0 Å². The lowest BCUT2D eigenvalue weighted by Gasteiger charge is -2.23. The summed E-state index contributed by atoms with van der Waals surface area (Å²) in [6.45, 7) is 3.65. The van der Waals surface area contributed by atoms with E-state index in [1.54, 1.807) is 48.5 Å². The quantitative estimate of drug-likeness (QED) is 0.481. The highest BCUT2D eigenvalue weighted by atomic mass is 35.5. The Kier molecular flexibility index (Phi) is 7.20. The summed E-state index contributed by atoms with van der Waals surface area (Å²) >= 11 is 6.07. The first-order chi connectivity index (χ1) is 14.8. The molecule has 0 saturated heterocycles. The second-order valence-corrected chi connectivity index (χ2v) is 8.82. The van der Waals surface area contributed by atoms with E-state index in [9.17, 15) is 13.2 Å². The van der Waals surface area contributed by atoms with Crippen molar-refractivity contribution in [3.05, 3.63) is 83.4 Å². The number of aryl methyl sites for hydroxylation is 1. The van der Waals surface area contributed by atoms with Crippen LogP contribution in [0.2, 0.25) is 5.02 Å². The fraction of sp³-hybridized carbons (Fsp3) is 0.174. The minimum Gasteiger partial charge on any atom is -0.494 e. The highest BCUT2D eigenvalue weighted by molar-refractivity contribution is 7.93. The summed E-state index contributed by atoms with van der Waals surface area (Å²) in [7, 11) is -4.18. The molecular weight excluding hydrogens is 438 g/mol. The molecule has 0 aliphatic rings. The van der Waals surface area contributed by atoms with Gasteiger partial charge in [0, 0.05) is 0 Å². The van der Waals surface area contributed by atoms with Crippen LogP contribution >= 0.6 is 11.6 Å². The number of carbonyl (C=O) groups excluding carboxylic acids is 1. The molecule has 0 heterocycles. The van der Waals surface area contributed by atoms with E-state index in [0.29, 0.717) is 17.4 Å².